The first kappa shape index (κ1) is 15.3. The minimum atomic E-state index is -1.01. The van der Waals surface area contributed by atoms with Crippen LogP contribution in [0.5, 0.6) is 0 Å². The van der Waals surface area contributed by atoms with Crippen molar-refractivity contribution >= 4 is 12.0 Å². The first-order chi connectivity index (χ1) is 9.93. The van der Waals surface area contributed by atoms with E-state index in [4.69, 9.17) is 9.84 Å². The number of likely N-dealkylation sites (tertiary alicyclic amines) is 1. The van der Waals surface area contributed by atoms with Crippen molar-refractivity contribution in [1.29, 1.82) is 0 Å². The number of rotatable bonds is 6. The molecule has 2 rings (SSSR count). The predicted octanol–water partition coefficient (Wildman–Crippen LogP) is 0.746. The van der Waals surface area contributed by atoms with Gasteiger partial charge >= 0.3 is 12.0 Å². The molecule has 2 heterocycles. The van der Waals surface area contributed by atoms with Crippen molar-refractivity contribution in [3.63, 3.8) is 0 Å². The van der Waals surface area contributed by atoms with E-state index in [9.17, 15) is 9.59 Å². The summed E-state index contributed by atoms with van der Waals surface area (Å²) in [4.78, 5) is 31.3. The van der Waals surface area contributed by atoms with Gasteiger partial charge in [-0.15, -0.1) is 0 Å². The SMILES string of the molecule is CCC(NC(=O)N1CC(C)(OCC(=O)O)C1)c1ncc[nH]1. The number of carbonyl (C=O) groups is 2. The maximum atomic E-state index is 12.1. The van der Waals surface area contributed by atoms with E-state index in [1.165, 1.54) is 0 Å². The molecule has 8 heteroatoms. The fraction of sp³-hybridized carbons (Fsp3) is 0.615. The van der Waals surface area contributed by atoms with Gasteiger partial charge in [0.15, 0.2) is 0 Å². The summed E-state index contributed by atoms with van der Waals surface area (Å²) in [5.41, 5.74) is -0.581. The van der Waals surface area contributed by atoms with Gasteiger partial charge in [-0.2, -0.15) is 0 Å². The van der Waals surface area contributed by atoms with Gasteiger partial charge in [-0.25, -0.2) is 14.6 Å². The first-order valence-electron chi connectivity index (χ1n) is 6.84. The molecule has 0 aromatic carbocycles. The minimum Gasteiger partial charge on any atom is -0.480 e. The standard InChI is InChI=1S/C13H20N4O4/c1-3-9(11-14-4-5-15-11)16-12(20)17-7-13(2,8-17)21-6-10(18)19/h4-5,9H,3,6-8H2,1-2H3,(H,14,15)(H,16,20)(H,18,19). The van der Waals surface area contributed by atoms with Crippen LogP contribution in [0.15, 0.2) is 12.4 Å². The molecule has 1 fully saturated rings. The number of H-pyrrole nitrogens is 1. The van der Waals surface area contributed by atoms with Gasteiger partial charge in [0.25, 0.3) is 0 Å². The number of imidazole rings is 1. The summed E-state index contributed by atoms with van der Waals surface area (Å²) in [6.07, 6.45) is 4.08. The Bertz CT molecular complexity index is 496. The predicted molar refractivity (Wildman–Crippen MR) is 73.7 cm³/mol. The Morgan fingerprint density at radius 2 is 2.33 bits per heavy atom. The Balaban J connectivity index is 1.82. The van der Waals surface area contributed by atoms with Gasteiger partial charge < -0.3 is 25.0 Å². The molecule has 1 aromatic rings. The average Bonchev–Trinajstić information content (AvgIpc) is 2.93. The number of carbonyl (C=O) groups excluding carboxylic acids is 1. The van der Waals surface area contributed by atoms with E-state index in [0.29, 0.717) is 13.1 Å². The highest BCUT2D eigenvalue weighted by molar-refractivity contribution is 5.76. The number of aliphatic carboxylic acids is 1. The number of hydrogen-bond acceptors (Lipinski definition) is 4. The summed E-state index contributed by atoms with van der Waals surface area (Å²) in [6.45, 7) is 4.16. The van der Waals surface area contributed by atoms with Crippen LogP contribution in [0.1, 0.15) is 32.1 Å². The topological polar surface area (TPSA) is 108 Å². The van der Waals surface area contributed by atoms with Crippen molar-refractivity contribution in [3.8, 4) is 0 Å². The minimum absolute atomic E-state index is 0.167. The Morgan fingerprint density at radius 3 is 2.86 bits per heavy atom. The third-order valence-electron chi connectivity index (χ3n) is 3.44. The number of nitrogens with zero attached hydrogens (tertiary/aromatic N) is 2. The number of carboxylic acids is 1. The molecule has 1 aliphatic heterocycles. The van der Waals surface area contributed by atoms with E-state index in [1.54, 1.807) is 24.2 Å². The van der Waals surface area contributed by atoms with Crippen LogP contribution >= 0.6 is 0 Å². The molecule has 0 bridgehead atoms. The number of nitrogens with one attached hydrogen (secondary N) is 2. The van der Waals surface area contributed by atoms with Crippen molar-refractivity contribution in [2.75, 3.05) is 19.7 Å². The molecule has 0 aliphatic carbocycles. The molecule has 3 N–H and O–H groups in total. The maximum Gasteiger partial charge on any atom is 0.329 e. The van der Waals surface area contributed by atoms with E-state index in [2.05, 4.69) is 15.3 Å². The van der Waals surface area contributed by atoms with Crippen molar-refractivity contribution in [1.82, 2.24) is 20.2 Å². The maximum absolute atomic E-state index is 12.1. The average molecular weight is 296 g/mol. The second kappa shape index (κ2) is 6.13. The fourth-order valence-corrected chi connectivity index (χ4v) is 2.30. The van der Waals surface area contributed by atoms with Crippen LogP contribution in [-0.2, 0) is 9.53 Å². The number of ether oxygens (including phenoxy) is 1. The quantitative estimate of drug-likeness (QED) is 0.718. The Labute approximate surface area is 122 Å². The summed E-state index contributed by atoms with van der Waals surface area (Å²) >= 11 is 0. The Hall–Kier alpha value is -2.09. The molecule has 1 unspecified atom stereocenters. The number of aromatic nitrogens is 2. The lowest BCUT2D eigenvalue weighted by atomic mass is 9.97. The fourth-order valence-electron chi connectivity index (χ4n) is 2.30. The highest BCUT2D eigenvalue weighted by Crippen LogP contribution is 2.25. The molecule has 2 amide bonds. The van der Waals surface area contributed by atoms with Crippen molar-refractivity contribution in [3.05, 3.63) is 18.2 Å². The highest BCUT2D eigenvalue weighted by Gasteiger charge is 2.43. The molecule has 1 atom stereocenters. The lowest BCUT2D eigenvalue weighted by molar-refractivity contribution is -0.159. The van der Waals surface area contributed by atoms with Crippen molar-refractivity contribution in [2.45, 2.75) is 31.9 Å². The van der Waals surface area contributed by atoms with E-state index >= 15 is 0 Å². The second-order valence-electron chi connectivity index (χ2n) is 5.37. The lowest BCUT2D eigenvalue weighted by Crippen LogP contribution is -2.65. The lowest BCUT2D eigenvalue weighted by Gasteiger charge is -2.47. The van der Waals surface area contributed by atoms with Gasteiger partial charge in [0.05, 0.1) is 19.1 Å². The summed E-state index contributed by atoms with van der Waals surface area (Å²) in [6, 6.07) is -0.367. The zero-order valence-electron chi connectivity index (χ0n) is 12.1. The molecule has 0 saturated carbocycles. The smallest absolute Gasteiger partial charge is 0.329 e. The van der Waals surface area contributed by atoms with Crippen molar-refractivity contribution < 1.29 is 19.4 Å². The molecule has 8 nitrogen and oxygen atoms in total. The zero-order chi connectivity index (χ0) is 15.5. The number of amides is 2. The third kappa shape index (κ3) is 3.72. The Morgan fingerprint density at radius 1 is 1.62 bits per heavy atom. The van der Waals surface area contributed by atoms with Gasteiger partial charge in [0.1, 0.15) is 18.0 Å². The highest BCUT2D eigenvalue weighted by atomic mass is 16.5. The van der Waals surface area contributed by atoms with E-state index < -0.39 is 11.6 Å². The summed E-state index contributed by atoms with van der Waals surface area (Å²) in [5.74, 6) is -0.292. The monoisotopic (exact) mass is 296 g/mol. The van der Waals surface area contributed by atoms with Crippen LogP contribution in [-0.4, -0.2) is 57.3 Å². The second-order valence-corrected chi connectivity index (χ2v) is 5.37. The van der Waals surface area contributed by atoms with E-state index in [-0.39, 0.29) is 18.7 Å². The van der Waals surface area contributed by atoms with Crippen molar-refractivity contribution in [2.24, 2.45) is 0 Å². The first-order valence-corrected chi connectivity index (χ1v) is 6.84. The third-order valence-corrected chi connectivity index (χ3v) is 3.44. The van der Waals surface area contributed by atoms with Crippen LogP contribution in [0.25, 0.3) is 0 Å². The molecule has 21 heavy (non-hydrogen) atoms. The molecule has 116 valence electrons. The van der Waals surface area contributed by atoms with Crippen LogP contribution in [0.4, 0.5) is 4.79 Å². The number of urea groups is 1. The summed E-state index contributed by atoms with van der Waals surface area (Å²) in [5, 5.41) is 11.5. The van der Waals surface area contributed by atoms with Gasteiger partial charge in [0.2, 0.25) is 0 Å². The zero-order valence-corrected chi connectivity index (χ0v) is 12.1. The van der Waals surface area contributed by atoms with Crippen LogP contribution in [0.3, 0.4) is 0 Å². The summed E-state index contributed by atoms with van der Waals surface area (Å²) in [7, 11) is 0. The molecule has 0 spiro atoms. The van der Waals surface area contributed by atoms with Gasteiger partial charge in [-0.05, 0) is 13.3 Å². The molecule has 0 radical (unpaired) electrons. The van der Waals surface area contributed by atoms with Crippen LogP contribution in [0.2, 0.25) is 0 Å². The van der Waals surface area contributed by atoms with Gasteiger partial charge in [-0.3, -0.25) is 0 Å². The van der Waals surface area contributed by atoms with Gasteiger partial charge in [0, 0.05) is 12.4 Å². The number of hydrogen-bond donors (Lipinski definition) is 3. The van der Waals surface area contributed by atoms with Crippen LogP contribution in [0, 0.1) is 0 Å². The molecule has 1 saturated heterocycles. The van der Waals surface area contributed by atoms with E-state index in [1.807, 2.05) is 6.92 Å². The molecular formula is C13H20N4O4. The summed E-state index contributed by atoms with van der Waals surface area (Å²) < 4.78 is 5.27. The van der Waals surface area contributed by atoms with Crippen LogP contribution < -0.4 is 5.32 Å². The van der Waals surface area contributed by atoms with Gasteiger partial charge in [-0.1, -0.05) is 6.92 Å². The number of carboxylic acid groups (broad SMARTS) is 1. The normalized spacial score (nSPS) is 17.9. The van der Waals surface area contributed by atoms with E-state index in [0.717, 1.165) is 12.2 Å². The molecular weight excluding hydrogens is 276 g/mol. The molecule has 1 aromatic heterocycles. The number of aromatic amines is 1. The largest absolute Gasteiger partial charge is 0.480 e. The Kier molecular flexibility index (Phi) is 4.46. The molecule has 1 aliphatic rings.